The highest BCUT2D eigenvalue weighted by atomic mass is 79.9. The molecule has 0 fully saturated rings. The van der Waals surface area contributed by atoms with Crippen molar-refractivity contribution in [2.75, 3.05) is 7.11 Å². The smallest absolute Gasteiger partial charge is 0.342 e. The van der Waals surface area contributed by atoms with Crippen LogP contribution < -0.4 is 8.92 Å². The van der Waals surface area contributed by atoms with E-state index in [4.69, 9.17) is 8.92 Å². The molecule has 0 aliphatic rings. The molecule has 21 heavy (non-hydrogen) atoms. The molecule has 0 aliphatic carbocycles. The molecule has 4 nitrogen and oxygen atoms in total. The molecule has 2 rings (SSSR count). The number of hydrogen-bond donors (Lipinski definition) is 0. The Morgan fingerprint density at radius 2 is 1.76 bits per heavy atom. The molecule has 0 spiro atoms. The quantitative estimate of drug-likeness (QED) is 0.751. The van der Waals surface area contributed by atoms with Gasteiger partial charge >= 0.3 is 10.1 Å². The van der Waals surface area contributed by atoms with E-state index >= 15 is 0 Å². The molecule has 0 atom stereocenters. The van der Waals surface area contributed by atoms with Crippen LogP contribution >= 0.6 is 15.9 Å². The van der Waals surface area contributed by atoms with E-state index in [1.807, 2.05) is 19.1 Å². The van der Waals surface area contributed by atoms with Gasteiger partial charge in [-0.3, -0.25) is 0 Å². The average molecular weight is 371 g/mol. The maximum atomic E-state index is 12.4. The zero-order valence-electron chi connectivity index (χ0n) is 11.7. The lowest BCUT2D eigenvalue weighted by atomic mass is 10.2. The van der Waals surface area contributed by atoms with Crippen LogP contribution in [0.2, 0.25) is 0 Å². The van der Waals surface area contributed by atoms with E-state index in [2.05, 4.69) is 15.9 Å². The Bertz CT molecular complexity index is 724. The molecule has 0 radical (unpaired) electrons. The van der Waals surface area contributed by atoms with Crippen molar-refractivity contribution >= 4 is 26.0 Å². The molecule has 0 bridgehead atoms. The first-order valence-corrected chi connectivity index (χ1v) is 8.53. The van der Waals surface area contributed by atoms with Gasteiger partial charge in [-0.1, -0.05) is 35.0 Å². The van der Waals surface area contributed by atoms with E-state index in [0.717, 1.165) is 12.0 Å². The Morgan fingerprint density at radius 1 is 1.10 bits per heavy atom. The Hall–Kier alpha value is -1.53. The molecule has 0 saturated heterocycles. The molecule has 0 N–H and O–H groups in total. The lowest BCUT2D eigenvalue weighted by Gasteiger charge is -2.11. The van der Waals surface area contributed by atoms with Gasteiger partial charge in [-0.15, -0.1) is 0 Å². The highest BCUT2D eigenvalue weighted by Gasteiger charge is 2.22. The predicted molar refractivity (Wildman–Crippen MR) is 84.3 cm³/mol. The van der Waals surface area contributed by atoms with Crippen molar-refractivity contribution in [3.63, 3.8) is 0 Å². The summed E-state index contributed by atoms with van der Waals surface area (Å²) in [7, 11) is -2.54. The van der Waals surface area contributed by atoms with E-state index in [1.165, 1.54) is 13.2 Å². The van der Waals surface area contributed by atoms with Crippen LogP contribution in [0.15, 0.2) is 51.8 Å². The summed E-state index contributed by atoms with van der Waals surface area (Å²) >= 11 is 3.25. The number of methoxy groups -OCH3 is 1. The van der Waals surface area contributed by atoms with E-state index < -0.39 is 10.1 Å². The maximum Gasteiger partial charge on any atom is 0.342 e. The second-order valence-corrected chi connectivity index (χ2v) is 6.76. The van der Waals surface area contributed by atoms with Crippen LogP contribution in [0, 0.1) is 0 Å². The van der Waals surface area contributed by atoms with Gasteiger partial charge in [0.15, 0.2) is 0 Å². The maximum absolute atomic E-state index is 12.4. The number of benzene rings is 2. The SMILES string of the molecule is CCc1ccc(OS(=O)(=O)c2cc(Br)ccc2OC)cc1. The molecule has 2 aromatic carbocycles. The summed E-state index contributed by atoms with van der Waals surface area (Å²) in [5.74, 6) is 0.512. The number of ether oxygens (including phenoxy) is 1. The zero-order valence-corrected chi connectivity index (χ0v) is 14.1. The summed E-state index contributed by atoms with van der Waals surface area (Å²) in [5.41, 5.74) is 1.11. The fourth-order valence-electron chi connectivity index (χ4n) is 1.80. The Kier molecular flexibility index (Phi) is 4.90. The van der Waals surface area contributed by atoms with Crippen molar-refractivity contribution in [3.8, 4) is 11.5 Å². The van der Waals surface area contributed by atoms with Gasteiger partial charge in [-0.2, -0.15) is 8.42 Å². The molecule has 6 heteroatoms. The van der Waals surface area contributed by atoms with Crippen molar-refractivity contribution in [1.29, 1.82) is 0 Å². The third kappa shape index (κ3) is 3.77. The van der Waals surface area contributed by atoms with Crippen LogP contribution in [0.5, 0.6) is 11.5 Å². The zero-order chi connectivity index (χ0) is 15.5. The monoisotopic (exact) mass is 370 g/mol. The van der Waals surface area contributed by atoms with E-state index in [9.17, 15) is 8.42 Å². The summed E-state index contributed by atoms with van der Waals surface area (Å²) in [6.45, 7) is 2.03. The standard InChI is InChI=1S/C15H15BrO4S/c1-3-11-4-7-13(8-5-11)20-21(17,18)15-10-12(16)6-9-14(15)19-2/h4-10H,3H2,1-2H3. The van der Waals surface area contributed by atoms with Crippen LogP contribution in [0.3, 0.4) is 0 Å². The molecule has 0 saturated carbocycles. The van der Waals surface area contributed by atoms with Crippen LogP contribution in [-0.4, -0.2) is 15.5 Å². The van der Waals surface area contributed by atoms with Gasteiger partial charge < -0.3 is 8.92 Å². The van der Waals surface area contributed by atoms with Gasteiger partial charge in [0.2, 0.25) is 0 Å². The van der Waals surface area contributed by atoms with Gasteiger partial charge in [-0.05, 0) is 42.3 Å². The van der Waals surface area contributed by atoms with Crippen molar-refractivity contribution in [2.24, 2.45) is 0 Å². The second-order valence-electron chi connectivity index (χ2n) is 4.33. The predicted octanol–water partition coefficient (Wildman–Crippen LogP) is 3.79. The topological polar surface area (TPSA) is 52.6 Å². The molecule has 0 heterocycles. The third-order valence-electron chi connectivity index (χ3n) is 2.93. The minimum absolute atomic E-state index is 0.0149. The summed E-state index contributed by atoms with van der Waals surface area (Å²) < 4.78 is 35.6. The lowest BCUT2D eigenvalue weighted by molar-refractivity contribution is 0.398. The summed E-state index contributed by atoms with van der Waals surface area (Å²) in [6.07, 6.45) is 0.881. The third-order valence-corrected chi connectivity index (χ3v) is 4.70. The Labute approximate surface area is 133 Å². The van der Waals surface area contributed by atoms with Crippen molar-refractivity contribution in [3.05, 3.63) is 52.5 Å². The Morgan fingerprint density at radius 3 is 2.33 bits per heavy atom. The van der Waals surface area contributed by atoms with Gasteiger partial charge in [0, 0.05) is 4.47 Å². The second kappa shape index (κ2) is 6.49. The molecule has 0 amide bonds. The minimum atomic E-state index is -3.95. The summed E-state index contributed by atoms with van der Waals surface area (Å²) in [6, 6.07) is 11.7. The lowest BCUT2D eigenvalue weighted by Crippen LogP contribution is -2.11. The van der Waals surface area contributed by atoms with Crippen molar-refractivity contribution in [2.45, 2.75) is 18.2 Å². The van der Waals surface area contributed by atoms with Gasteiger partial charge in [0.25, 0.3) is 0 Å². The first kappa shape index (κ1) is 15.9. The average Bonchev–Trinajstić information content (AvgIpc) is 2.47. The van der Waals surface area contributed by atoms with Crippen LogP contribution in [0.4, 0.5) is 0 Å². The fraction of sp³-hybridized carbons (Fsp3) is 0.200. The fourth-order valence-corrected chi connectivity index (χ4v) is 3.43. The molecule has 2 aromatic rings. The largest absolute Gasteiger partial charge is 0.495 e. The number of rotatable bonds is 5. The number of halogens is 1. The molecular weight excluding hydrogens is 356 g/mol. The number of aryl methyl sites for hydroxylation is 1. The molecule has 112 valence electrons. The van der Waals surface area contributed by atoms with Crippen LogP contribution in [0.25, 0.3) is 0 Å². The molecule has 0 aliphatic heterocycles. The summed E-state index contributed by atoms with van der Waals surface area (Å²) in [5, 5.41) is 0. The van der Waals surface area contributed by atoms with Gasteiger partial charge in [0.05, 0.1) is 7.11 Å². The molecular formula is C15H15BrO4S. The highest BCUT2D eigenvalue weighted by molar-refractivity contribution is 9.10. The van der Waals surface area contributed by atoms with E-state index in [-0.39, 0.29) is 16.4 Å². The van der Waals surface area contributed by atoms with E-state index in [1.54, 1.807) is 24.3 Å². The van der Waals surface area contributed by atoms with Gasteiger partial charge in [0.1, 0.15) is 16.4 Å². The minimum Gasteiger partial charge on any atom is -0.495 e. The van der Waals surface area contributed by atoms with Crippen molar-refractivity contribution < 1.29 is 17.3 Å². The first-order chi connectivity index (χ1) is 9.96. The normalized spacial score (nSPS) is 11.2. The first-order valence-electron chi connectivity index (χ1n) is 6.33. The van der Waals surface area contributed by atoms with E-state index in [0.29, 0.717) is 4.47 Å². The van der Waals surface area contributed by atoms with Crippen molar-refractivity contribution in [1.82, 2.24) is 0 Å². The highest BCUT2D eigenvalue weighted by Crippen LogP contribution is 2.29. The molecule has 0 aromatic heterocycles. The number of hydrogen-bond acceptors (Lipinski definition) is 4. The van der Waals surface area contributed by atoms with Crippen LogP contribution in [0.1, 0.15) is 12.5 Å². The molecule has 0 unspecified atom stereocenters. The Balaban J connectivity index is 2.35. The van der Waals surface area contributed by atoms with Crippen LogP contribution in [-0.2, 0) is 16.5 Å². The summed E-state index contributed by atoms with van der Waals surface area (Å²) in [4.78, 5) is -0.0149. The van der Waals surface area contributed by atoms with Gasteiger partial charge in [-0.25, -0.2) is 0 Å².